The lowest BCUT2D eigenvalue weighted by Gasteiger charge is -2.10. The van der Waals surface area contributed by atoms with E-state index >= 15 is 0 Å². The number of hydrogen-bond acceptors (Lipinski definition) is 1. The summed E-state index contributed by atoms with van der Waals surface area (Å²) < 4.78 is 40.1. The van der Waals surface area contributed by atoms with Gasteiger partial charge in [-0.15, -0.1) is 0 Å². The predicted molar refractivity (Wildman–Crippen MR) is 135 cm³/mol. The minimum Gasteiger partial charge on any atom is -0.466 e. The Balaban J connectivity index is 1.83. The summed E-state index contributed by atoms with van der Waals surface area (Å²) in [5.41, 5.74) is 5.62. The summed E-state index contributed by atoms with van der Waals surface area (Å²) in [5, 5.41) is 1.69. The number of pyridine rings is 1. The number of halogens is 1. The third kappa shape index (κ3) is 3.54. The molecular formula is C30H26FN2O+. The zero-order valence-corrected chi connectivity index (χ0v) is 19.6. The molecule has 5 rings (SSSR count). The number of benzene rings is 3. The van der Waals surface area contributed by atoms with Crippen LogP contribution in [0.15, 0.2) is 71.3 Å². The highest BCUT2D eigenvalue weighted by Gasteiger charge is 2.24. The average Bonchev–Trinajstić information content (AvgIpc) is 3.23. The van der Waals surface area contributed by atoms with E-state index in [0.717, 1.165) is 33.0 Å². The molecule has 0 N–H and O–H groups in total. The quantitative estimate of drug-likeness (QED) is 0.201. The monoisotopic (exact) mass is 451 g/mol. The van der Waals surface area contributed by atoms with Crippen molar-refractivity contribution in [3.05, 3.63) is 95.2 Å². The van der Waals surface area contributed by atoms with Crippen LogP contribution in [0.5, 0.6) is 0 Å². The number of rotatable bonds is 4. The summed E-state index contributed by atoms with van der Waals surface area (Å²) in [4.78, 5) is 3.84. The van der Waals surface area contributed by atoms with Crippen LogP contribution in [0.1, 0.15) is 27.7 Å². The maximum absolute atomic E-state index is 15.0. The normalized spacial score (nSPS) is 12.7. The molecule has 3 nitrogen and oxygen atoms in total. The summed E-state index contributed by atoms with van der Waals surface area (Å²) in [6.45, 7) is 13.4. The molecule has 5 aromatic rings. The molecule has 0 saturated carbocycles. The summed E-state index contributed by atoms with van der Waals surface area (Å²) in [6, 6.07) is 19.2. The second kappa shape index (κ2) is 8.43. The molecule has 0 spiro atoms. The van der Waals surface area contributed by atoms with Crippen LogP contribution < -0.4 is 4.57 Å². The molecule has 0 aliphatic rings. The largest absolute Gasteiger partial charge is 0.466 e. The van der Waals surface area contributed by atoms with Crippen LogP contribution in [-0.4, -0.2) is 0 Å². The van der Waals surface area contributed by atoms with Crippen molar-refractivity contribution in [2.45, 2.75) is 27.1 Å². The van der Waals surface area contributed by atoms with Gasteiger partial charge in [-0.05, 0) is 35.9 Å². The first-order valence-electron chi connectivity index (χ1n) is 12.3. The van der Waals surface area contributed by atoms with Gasteiger partial charge in [0.1, 0.15) is 18.2 Å². The van der Waals surface area contributed by atoms with Crippen molar-refractivity contribution in [3.63, 3.8) is 0 Å². The zero-order chi connectivity index (χ0) is 25.8. The first-order chi connectivity index (χ1) is 17.1. The lowest BCUT2D eigenvalue weighted by Crippen LogP contribution is -2.32. The maximum atomic E-state index is 15.0. The molecule has 0 radical (unpaired) electrons. The molecule has 3 aromatic carbocycles. The molecule has 0 atom stereocenters. The van der Waals surface area contributed by atoms with E-state index in [1.165, 1.54) is 6.20 Å². The molecule has 0 aliphatic carbocycles. The number of hydrogen-bond donors (Lipinski definition) is 0. The van der Waals surface area contributed by atoms with Gasteiger partial charge in [-0.3, -0.25) is 0 Å². The van der Waals surface area contributed by atoms with Crippen LogP contribution in [0.2, 0.25) is 0 Å². The first-order valence-corrected chi connectivity index (χ1v) is 11.3. The standard InChI is InChI=1S/C30H26FN2O/c1-18(2)15-21-16-26(33(5)17-25(21)31)27-19(3)11-12-23-24-14-13-22(20-9-7-6-8-10-20)28(32-4)30(24)34-29(23)27/h6-14,16-18H,15H2,1-3,5H3/q+1/i15D2. The van der Waals surface area contributed by atoms with Crippen molar-refractivity contribution >= 4 is 27.6 Å². The fraction of sp³-hybridized carbons (Fsp3) is 0.200. The van der Waals surface area contributed by atoms with Crippen molar-refractivity contribution in [2.24, 2.45) is 13.0 Å². The Kier molecular flexibility index (Phi) is 4.83. The highest BCUT2D eigenvalue weighted by molar-refractivity contribution is 6.14. The molecule has 0 amide bonds. The van der Waals surface area contributed by atoms with Crippen LogP contribution in [0, 0.1) is 25.2 Å². The van der Waals surface area contributed by atoms with Crippen molar-refractivity contribution in [2.75, 3.05) is 0 Å². The van der Waals surface area contributed by atoms with Gasteiger partial charge in [-0.2, -0.15) is 4.57 Å². The van der Waals surface area contributed by atoms with E-state index in [4.69, 9.17) is 13.7 Å². The first kappa shape index (κ1) is 19.5. The van der Waals surface area contributed by atoms with E-state index in [9.17, 15) is 4.39 Å². The summed E-state index contributed by atoms with van der Waals surface area (Å²) >= 11 is 0. The van der Waals surface area contributed by atoms with Gasteiger partial charge in [0.25, 0.3) is 0 Å². The topological polar surface area (TPSA) is 21.4 Å². The Morgan fingerprint density at radius 3 is 2.47 bits per heavy atom. The molecule has 2 aromatic heterocycles. The Hall–Kier alpha value is -3.97. The lowest BCUT2D eigenvalue weighted by atomic mass is 9.96. The number of fused-ring (bicyclic) bond motifs is 3. The molecule has 0 bridgehead atoms. The van der Waals surface area contributed by atoms with Gasteiger partial charge >= 0.3 is 0 Å². The summed E-state index contributed by atoms with van der Waals surface area (Å²) in [5.74, 6) is -0.995. The molecule has 2 heterocycles. The van der Waals surface area contributed by atoms with Crippen molar-refractivity contribution in [1.82, 2.24) is 0 Å². The van der Waals surface area contributed by atoms with Gasteiger partial charge in [-0.1, -0.05) is 68.4 Å². The molecule has 4 heteroatoms. The fourth-order valence-corrected chi connectivity index (χ4v) is 4.55. The Morgan fingerprint density at radius 2 is 1.76 bits per heavy atom. The van der Waals surface area contributed by atoms with Crippen molar-refractivity contribution in [1.29, 1.82) is 0 Å². The van der Waals surface area contributed by atoms with Crippen LogP contribution in [0.3, 0.4) is 0 Å². The van der Waals surface area contributed by atoms with Gasteiger partial charge in [0.15, 0.2) is 5.82 Å². The van der Waals surface area contributed by atoms with E-state index in [1.807, 2.05) is 61.5 Å². The fourth-order valence-electron chi connectivity index (χ4n) is 4.55. The number of furan rings is 1. The van der Waals surface area contributed by atoms with Crippen LogP contribution in [0.4, 0.5) is 10.1 Å². The van der Waals surface area contributed by atoms with Crippen molar-refractivity contribution < 1.29 is 16.1 Å². The molecule has 168 valence electrons. The van der Waals surface area contributed by atoms with Gasteiger partial charge in [0.2, 0.25) is 17.6 Å². The molecule has 0 fully saturated rings. The minimum absolute atomic E-state index is 0.0197. The summed E-state index contributed by atoms with van der Waals surface area (Å²) in [7, 11) is 1.74. The SMILES string of the molecule is [2H]C([2H])(c1cc(-c2c(C)ccc3c2oc2c([N+]#[C-])c(-c4ccccc4)ccc23)[n+](C)cc1F)C(C)C. The summed E-state index contributed by atoms with van der Waals surface area (Å²) in [6.07, 6.45) is -0.519. The molecule has 0 unspecified atom stereocenters. The van der Waals surface area contributed by atoms with Gasteiger partial charge in [0, 0.05) is 25.1 Å². The molecule has 0 saturated heterocycles. The lowest BCUT2D eigenvalue weighted by molar-refractivity contribution is -0.662. The van der Waals surface area contributed by atoms with E-state index < -0.39 is 18.1 Å². The highest BCUT2D eigenvalue weighted by atomic mass is 19.1. The predicted octanol–water partition coefficient (Wildman–Crippen LogP) is 7.94. The maximum Gasteiger partial charge on any atom is 0.237 e. The second-order valence-corrected chi connectivity index (χ2v) is 8.88. The third-order valence-electron chi connectivity index (χ3n) is 6.11. The van der Waals surface area contributed by atoms with Crippen LogP contribution in [-0.2, 0) is 13.4 Å². The number of aryl methyl sites for hydroxylation is 2. The molecule has 0 aliphatic heterocycles. The number of aromatic nitrogens is 1. The van der Waals surface area contributed by atoms with Gasteiger partial charge in [0.05, 0.1) is 12.1 Å². The van der Waals surface area contributed by atoms with E-state index in [1.54, 1.807) is 31.5 Å². The highest BCUT2D eigenvalue weighted by Crippen LogP contribution is 2.44. The average molecular weight is 452 g/mol. The second-order valence-electron chi connectivity index (χ2n) is 8.88. The smallest absolute Gasteiger partial charge is 0.237 e. The molecule has 34 heavy (non-hydrogen) atoms. The van der Waals surface area contributed by atoms with Crippen LogP contribution >= 0.6 is 0 Å². The van der Waals surface area contributed by atoms with Gasteiger partial charge < -0.3 is 4.42 Å². The Morgan fingerprint density at radius 1 is 1.06 bits per heavy atom. The number of nitrogens with zero attached hydrogens (tertiary/aromatic N) is 2. The minimum atomic E-state index is -1.84. The zero-order valence-electron chi connectivity index (χ0n) is 21.6. The van der Waals surface area contributed by atoms with E-state index in [-0.39, 0.29) is 5.56 Å². The van der Waals surface area contributed by atoms with Gasteiger partial charge in [-0.25, -0.2) is 9.24 Å². The Labute approximate surface area is 201 Å². The third-order valence-corrected chi connectivity index (χ3v) is 6.11. The Bertz CT molecular complexity index is 1680. The van der Waals surface area contributed by atoms with E-state index in [0.29, 0.717) is 22.5 Å². The van der Waals surface area contributed by atoms with Crippen molar-refractivity contribution in [3.8, 4) is 22.4 Å². The van der Waals surface area contributed by atoms with E-state index in [2.05, 4.69) is 4.85 Å². The molecular weight excluding hydrogens is 423 g/mol. The van der Waals surface area contributed by atoms with Crippen LogP contribution in [0.25, 0.3) is 49.2 Å².